The Labute approximate surface area is 201 Å². The molecule has 0 spiro atoms. The average Bonchev–Trinajstić information content (AvgIpc) is 2.84. The lowest BCUT2D eigenvalue weighted by Crippen LogP contribution is -2.25. The van der Waals surface area contributed by atoms with Gasteiger partial charge in [-0.05, 0) is 67.9 Å². The molecule has 0 N–H and O–H groups in total. The smallest absolute Gasteiger partial charge is 0.270 e. The van der Waals surface area contributed by atoms with E-state index >= 15 is 0 Å². The van der Waals surface area contributed by atoms with Crippen LogP contribution in [0.5, 0.6) is 11.5 Å². The van der Waals surface area contributed by atoms with Crippen LogP contribution in [0.1, 0.15) is 87.8 Å². The van der Waals surface area contributed by atoms with E-state index in [9.17, 15) is 13.2 Å². The monoisotopic (exact) mass is 478 g/mol. The predicted octanol–water partition coefficient (Wildman–Crippen LogP) is 8.02. The number of halogens is 3. The van der Waals surface area contributed by atoms with E-state index in [0.29, 0.717) is 37.5 Å². The third kappa shape index (κ3) is 7.39. The van der Waals surface area contributed by atoms with E-state index in [1.54, 1.807) is 6.07 Å². The quantitative estimate of drug-likeness (QED) is 0.273. The molecule has 0 aliphatic carbocycles. The molecule has 2 atom stereocenters. The molecule has 0 aromatic heterocycles. The molecular formula is C28H37F3O3. The van der Waals surface area contributed by atoms with Gasteiger partial charge in [-0.25, -0.2) is 13.2 Å². The van der Waals surface area contributed by atoms with Crippen molar-refractivity contribution in [3.8, 4) is 11.5 Å². The molecule has 2 aromatic rings. The van der Waals surface area contributed by atoms with E-state index in [0.717, 1.165) is 50.9 Å². The minimum absolute atomic E-state index is 0.00258. The fraction of sp³-hybridized carbons (Fsp3) is 0.571. The number of hydrogen-bond donors (Lipinski definition) is 0. The van der Waals surface area contributed by atoms with E-state index in [1.165, 1.54) is 11.6 Å². The maximum atomic E-state index is 14.9. The topological polar surface area (TPSA) is 27.7 Å². The first kappa shape index (κ1) is 26.4. The van der Waals surface area contributed by atoms with Crippen LogP contribution in [-0.2, 0) is 11.2 Å². The van der Waals surface area contributed by atoms with Gasteiger partial charge < -0.3 is 14.2 Å². The van der Waals surface area contributed by atoms with Gasteiger partial charge in [0, 0.05) is 5.92 Å². The van der Waals surface area contributed by atoms with Crippen LogP contribution in [0.25, 0.3) is 0 Å². The van der Waals surface area contributed by atoms with Gasteiger partial charge in [0.2, 0.25) is 0 Å². The summed E-state index contributed by atoms with van der Waals surface area (Å²) in [5.74, 6) is 0.309. The van der Waals surface area contributed by atoms with Gasteiger partial charge in [0.15, 0.2) is 0 Å². The number of ether oxygens (including phenoxy) is 3. The molecule has 34 heavy (non-hydrogen) atoms. The summed E-state index contributed by atoms with van der Waals surface area (Å²) in [6, 6.07) is 11.3. The van der Waals surface area contributed by atoms with Crippen LogP contribution in [-0.4, -0.2) is 25.9 Å². The maximum absolute atomic E-state index is 14.9. The largest absolute Gasteiger partial charge is 0.494 e. The summed E-state index contributed by atoms with van der Waals surface area (Å²) >= 11 is 0. The molecule has 188 valence electrons. The molecule has 0 radical (unpaired) electrons. The van der Waals surface area contributed by atoms with Crippen LogP contribution in [0.3, 0.4) is 0 Å². The molecular weight excluding hydrogens is 441 g/mol. The lowest BCUT2D eigenvalue weighted by molar-refractivity contribution is -0.000678. The Kier molecular flexibility index (Phi) is 10.6. The Morgan fingerprint density at radius 2 is 1.65 bits per heavy atom. The molecule has 2 aromatic carbocycles. The molecule has 1 fully saturated rings. The molecule has 1 heterocycles. The Balaban J connectivity index is 1.50. The zero-order chi connectivity index (χ0) is 24.3. The van der Waals surface area contributed by atoms with E-state index in [4.69, 9.17) is 14.2 Å². The minimum atomic E-state index is -2.91. The lowest BCUT2D eigenvalue weighted by Gasteiger charge is -2.29. The van der Waals surface area contributed by atoms with Crippen LogP contribution in [0.15, 0.2) is 36.4 Å². The number of rotatable bonds is 13. The lowest BCUT2D eigenvalue weighted by atomic mass is 9.89. The Morgan fingerprint density at radius 3 is 2.26 bits per heavy atom. The summed E-state index contributed by atoms with van der Waals surface area (Å²) in [6.07, 6.45) is 3.67. The number of aryl methyl sites for hydroxylation is 1. The summed E-state index contributed by atoms with van der Waals surface area (Å²) in [4.78, 5) is 0. The summed E-state index contributed by atoms with van der Waals surface area (Å²) in [7, 11) is 0. The standard InChI is InChI=1S/C28H37F3O3/c1-3-5-17-32-23-12-7-20(8-13-23)22-10-15-24(34-19-22)14-9-21-11-16-25(33-18-6-4-2)26(27(21)29)28(30)31/h7-8,11-13,16,22,24,28H,3-6,9-10,14-15,17-19H2,1-2H3. The van der Waals surface area contributed by atoms with Gasteiger partial charge in [-0.1, -0.05) is 44.9 Å². The average molecular weight is 479 g/mol. The number of alkyl halides is 2. The van der Waals surface area contributed by atoms with Gasteiger partial charge in [-0.2, -0.15) is 0 Å². The van der Waals surface area contributed by atoms with Crippen molar-refractivity contribution in [2.75, 3.05) is 19.8 Å². The Bertz CT molecular complexity index is 862. The zero-order valence-corrected chi connectivity index (χ0v) is 20.3. The van der Waals surface area contributed by atoms with Crippen molar-refractivity contribution in [2.45, 2.75) is 83.7 Å². The van der Waals surface area contributed by atoms with Crippen LogP contribution >= 0.6 is 0 Å². The van der Waals surface area contributed by atoms with Gasteiger partial charge in [-0.3, -0.25) is 0 Å². The van der Waals surface area contributed by atoms with E-state index in [2.05, 4.69) is 19.1 Å². The van der Waals surface area contributed by atoms with Crippen LogP contribution < -0.4 is 9.47 Å². The second kappa shape index (κ2) is 13.6. The third-order valence-corrected chi connectivity index (χ3v) is 6.42. The van der Waals surface area contributed by atoms with Crippen molar-refractivity contribution in [3.05, 3.63) is 58.9 Å². The van der Waals surface area contributed by atoms with Crippen LogP contribution in [0.4, 0.5) is 13.2 Å². The second-order valence-electron chi connectivity index (χ2n) is 8.99. The first-order valence-corrected chi connectivity index (χ1v) is 12.6. The molecule has 0 saturated carbocycles. The van der Waals surface area contributed by atoms with Gasteiger partial charge in [-0.15, -0.1) is 0 Å². The van der Waals surface area contributed by atoms with E-state index in [-0.39, 0.29) is 11.9 Å². The SMILES string of the molecule is CCCCOc1ccc(C2CCC(CCc3ccc(OCCCC)c(C(F)F)c3F)OC2)cc1. The molecule has 1 aliphatic rings. The molecule has 3 nitrogen and oxygen atoms in total. The summed E-state index contributed by atoms with van der Waals surface area (Å²) in [5.41, 5.74) is 0.899. The highest BCUT2D eigenvalue weighted by atomic mass is 19.3. The van der Waals surface area contributed by atoms with Crippen LogP contribution in [0, 0.1) is 5.82 Å². The van der Waals surface area contributed by atoms with Crippen molar-refractivity contribution in [3.63, 3.8) is 0 Å². The van der Waals surface area contributed by atoms with Gasteiger partial charge in [0.1, 0.15) is 17.3 Å². The first-order chi connectivity index (χ1) is 16.5. The zero-order valence-electron chi connectivity index (χ0n) is 20.3. The Morgan fingerprint density at radius 1 is 0.941 bits per heavy atom. The third-order valence-electron chi connectivity index (χ3n) is 6.42. The molecule has 2 unspecified atom stereocenters. The number of benzene rings is 2. The Hall–Kier alpha value is -2.21. The van der Waals surface area contributed by atoms with Gasteiger partial charge in [0.25, 0.3) is 6.43 Å². The molecule has 0 bridgehead atoms. The highest BCUT2D eigenvalue weighted by molar-refractivity contribution is 5.40. The highest BCUT2D eigenvalue weighted by Crippen LogP contribution is 2.35. The fourth-order valence-electron chi connectivity index (χ4n) is 4.25. The highest BCUT2D eigenvalue weighted by Gasteiger charge is 2.25. The fourth-order valence-corrected chi connectivity index (χ4v) is 4.25. The molecule has 6 heteroatoms. The van der Waals surface area contributed by atoms with E-state index < -0.39 is 17.8 Å². The van der Waals surface area contributed by atoms with Crippen LogP contribution in [0.2, 0.25) is 0 Å². The first-order valence-electron chi connectivity index (χ1n) is 12.6. The molecule has 3 rings (SSSR count). The molecule has 1 aliphatic heterocycles. The minimum Gasteiger partial charge on any atom is -0.494 e. The summed E-state index contributed by atoms with van der Waals surface area (Å²) in [6.45, 7) is 5.77. The van der Waals surface area contributed by atoms with Crippen molar-refractivity contribution < 1.29 is 27.4 Å². The van der Waals surface area contributed by atoms with Gasteiger partial charge >= 0.3 is 0 Å². The second-order valence-corrected chi connectivity index (χ2v) is 8.99. The molecule has 0 amide bonds. The maximum Gasteiger partial charge on any atom is 0.270 e. The van der Waals surface area contributed by atoms with E-state index in [1.807, 2.05) is 19.1 Å². The van der Waals surface area contributed by atoms with Crippen molar-refractivity contribution in [2.24, 2.45) is 0 Å². The summed E-state index contributed by atoms with van der Waals surface area (Å²) < 4.78 is 59.1. The summed E-state index contributed by atoms with van der Waals surface area (Å²) in [5, 5.41) is 0. The van der Waals surface area contributed by atoms with Crippen molar-refractivity contribution >= 4 is 0 Å². The van der Waals surface area contributed by atoms with Crippen molar-refractivity contribution in [1.29, 1.82) is 0 Å². The normalized spacial score (nSPS) is 18.3. The number of hydrogen-bond acceptors (Lipinski definition) is 3. The molecule has 1 saturated heterocycles. The van der Waals surface area contributed by atoms with Crippen molar-refractivity contribution in [1.82, 2.24) is 0 Å². The van der Waals surface area contributed by atoms with Gasteiger partial charge in [0.05, 0.1) is 31.5 Å². The predicted molar refractivity (Wildman–Crippen MR) is 129 cm³/mol. The number of unbranched alkanes of at least 4 members (excludes halogenated alkanes) is 2.